The number of hydrogen-bond acceptors (Lipinski definition) is 5. The second-order valence-corrected chi connectivity index (χ2v) is 6.44. The first-order valence-electron chi connectivity index (χ1n) is 8.69. The molecule has 1 unspecified atom stereocenters. The second kappa shape index (κ2) is 7.99. The summed E-state index contributed by atoms with van der Waals surface area (Å²) in [6, 6.07) is 10.4. The van der Waals surface area contributed by atoms with Crippen LogP contribution in [0.15, 0.2) is 65.6 Å². The molecule has 1 aromatic heterocycles. The van der Waals surface area contributed by atoms with Crippen LogP contribution < -0.4 is 22.5 Å². The van der Waals surface area contributed by atoms with Crippen molar-refractivity contribution in [3.05, 3.63) is 71.7 Å². The van der Waals surface area contributed by atoms with Crippen molar-refractivity contribution in [2.24, 2.45) is 22.2 Å². The molecule has 7 heteroatoms. The first kappa shape index (κ1) is 17.9. The van der Waals surface area contributed by atoms with E-state index in [1.165, 1.54) is 5.56 Å². The molecule has 1 aromatic carbocycles. The molecule has 2 heterocycles. The number of quaternary nitrogens is 1. The van der Waals surface area contributed by atoms with Gasteiger partial charge in [-0.2, -0.15) is 5.10 Å². The molecule has 0 fully saturated rings. The average molecular weight is 352 g/mol. The zero-order chi connectivity index (χ0) is 18.5. The van der Waals surface area contributed by atoms with Crippen molar-refractivity contribution in [2.45, 2.75) is 19.0 Å². The maximum atomic E-state index is 6.42. The van der Waals surface area contributed by atoms with Crippen molar-refractivity contribution in [2.75, 3.05) is 13.1 Å². The van der Waals surface area contributed by atoms with Crippen LogP contribution in [0, 0.1) is 0 Å². The smallest absolute Gasteiger partial charge is 0.231 e. The summed E-state index contributed by atoms with van der Waals surface area (Å²) < 4.78 is 1.85. The Bertz CT molecular complexity index is 833. The summed E-state index contributed by atoms with van der Waals surface area (Å²) in [5, 5.41) is 6.45. The van der Waals surface area contributed by atoms with Crippen LogP contribution in [0.2, 0.25) is 0 Å². The molecule has 0 spiro atoms. The first-order chi connectivity index (χ1) is 12.6. The van der Waals surface area contributed by atoms with E-state index in [1.807, 2.05) is 34.4 Å². The van der Waals surface area contributed by atoms with Gasteiger partial charge in [-0.15, -0.1) is 0 Å². The van der Waals surface area contributed by atoms with E-state index in [1.54, 1.807) is 6.20 Å². The molecule has 136 valence electrons. The highest BCUT2D eigenvalue weighted by Crippen LogP contribution is 2.17. The molecule has 1 atom stereocenters. The van der Waals surface area contributed by atoms with Crippen LogP contribution in [0.1, 0.15) is 17.5 Å². The Morgan fingerprint density at radius 1 is 1.27 bits per heavy atom. The van der Waals surface area contributed by atoms with Crippen molar-refractivity contribution in [1.82, 2.24) is 9.78 Å². The largest absolute Gasteiger partial charge is 0.398 e. The summed E-state index contributed by atoms with van der Waals surface area (Å²) in [6.45, 7) is 5.85. The Morgan fingerprint density at radius 3 is 2.73 bits per heavy atom. The van der Waals surface area contributed by atoms with Crippen LogP contribution >= 0.6 is 0 Å². The molecule has 0 saturated carbocycles. The lowest BCUT2D eigenvalue weighted by molar-refractivity contribution is -0.581. The van der Waals surface area contributed by atoms with E-state index in [9.17, 15) is 0 Å². The minimum atomic E-state index is 0.283. The monoisotopic (exact) mass is 352 g/mol. The Labute approximate surface area is 153 Å². The van der Waals surface area contributed by atoms with Gasteiger partial charge < -0.3 is 17.2 Å². The number of nitrogens with zero attached hydrogens (tertiary/aromatic N) is 3. The third-order valence-corrected chi connectivity index (χ3v) is 4.46. The van der Waals surface area contributed by atoms with E-state index >= 15 is 0 Å². The molecular weight excluding hydrogens is 326 g/mol. The van der Waals surface area contributed by atoms with Gasteiger partial charge >= 0.3 is 0 Å². The van der Waals surface area contributed by atoms with Crippen molar-refractivity contribution >= 4 is 11.5 Å². The topological polar surface area (TPSA) is 125 Å². The highest BCUT2D eigenvalue weighted by atomic mass is 15.3. The van der Waals surface area contributed by atoms with Crippen LogP contribution in [-0.2, 0) is 6.54 Å². The van der Waals surface area contributed by atoms with Crippen LogP contribution in [0.3, 0.4) is 0 Å². The van der Waals surface area contributed by atoms with Gasteiger partial charge in [0.15, 0.2) is 0 Å². The molecule has 0 aliphatic carbocycles. The number of hydrogen-bond donors (Lipinski definition) is 4. The number of rotatable bonds is 6. The molecular formula is C19H26N7+. The van der Waals surface area contributed by atoms with Gasteiger partial charge in [0.2, 0.25) is 5.84 Å². The number of aromatic nitrogens is 2. The second-order valence-electron chi connectivity index (χ2n) is 6.44. The van der Waals surface area contributed by atoms with Gasteiger partial charge in [-0.3, -0.25) is 10.00 Å². The number of amidine groups is 1. The van der Waals surface area contributed by atoms with E-state index in [0.29, 0.717) is 36.6 Å². The highest BCUT2D eigenvalue weighted by molar-refractivity contribution is 6.02. The molecule has 0 bridgehead atoms. The van der Waals surface area contributed by atoms with Gasteiger partial charge in [0, 0.05) is 30.4 Å². The van der Waals surface area contributed by atoms with Crippen molar-refractivity contribution in [1.29, 1.82) is 0 Å². The van der Waals surface area contributed by atoms with Crippen molar-refractivity contribution in [3.8, 4) is 0 Å². The maximum Gasteiger partial charge on any atom is 0.231 e. The summed E-state index contributed by atoms with van der Waals surface area (Å²) in [6.07, 6.45) is 4.60. The third-order valence-electron chi connectivity index (χ3n) is 4.46. The van der Waals surface area contributed by atoms with Crippen LogP contribution in [0.4, 0.5) is 0 Å². The third kappa shape index (κ3) is 4.01. The molecule has 26 heavy (non-hydrogen) atoms. The van der Waals surface area contributed by atoms with Gasteiger partial charge in [-0.05, 0) is 5.56 Å². The zero-order valence-corrected chi connectivity index (χ0v) is 14.8. The predicted molar refractivity (Wildman–Crippen MR) is 104 cm³/mol. The molecule has 1 aliphatic rings. The van der Waals surface area contributed by atoms with Gasteiger partial charge in [-0.1, -0.05) is 36.9 Å². The van der Waals surface area contributed by atoms with Crippen molar-refractivity contribution < 1.29 is 5.32 Å². The number of aliphatic imine (C=N–C) groups is 1. The van der Waals surface area contributed by atoms with E-state index in [0.717, 1.165) is 17.8 Å². The fourth-order valence-corrected chi connectivity index (χ4v) is 3.04. The summed E-state index contributed by atoms with van der Waals surface area (Å²) in [5.41, 5.74) is 21.8. The van der Waals surface area contributed by atoms with Gasteiger partial charge in [-0.25, -0.2) is 4.99 Å². The molecule has 0 radical (unpaired) electrons. The summed E-state index contributed by atoms with van der Waals surface area (Å²) in [5.74, 6) is 0.771. The van der Waals surface area contributed by atoms with Gasteiger partial charge in [0.1, 0.15) is 11.6 Å². The fraction of sp³-hybridized carbons (Fsp3) is 0.263. The van der Waals surface area contributed by atoms with E-state index in [2.05, 4.69) is 28.8 Å². The van der Waals surface area contributed by atoms with E-state index < -0.39 is 0 Å². The standard InChI is InChI=1S/C19H25N7/c1-13(21)17(19-23-8-7-16(9-20)25-19)18(22)15-10-24-26(12-15)11-14-5-3-2-4-6-14/h2-6,10,12,16H,1,7-9,11,20-22H2,(H,23,25)/p+1. The summed E-state index contributed by atoms with van der Waals surface area (Å²) in [7, 11) is 0. The molecule has 3 rings (SSSR count). The van der Waals surface area contributed by atoms with Gasteiger partial charge in [0.05, 0.1) is 25.0 Å². The molecule has 1 aliphatic heterocycles. The first-order valence-corrected chi connectivity index (χ1v) is 8.69. The Hall–Kier alpha value is -2.90. The number of nitrogens with two attached hydrogens (primary N) is 4. The average Bonchev–Trinajstić information content (AvgIpc) is 3.11. The molecule has 2 aromatic rings. The van der Waals surface area contributed by atoms with E-state index in [-0.39, 0.29) is 6.04 Å². The highest BCUT2D eigenvalue weighted by Gasteiger charge is 2.25. The fourth-order valence-electron chi connectivity index (χ4n) is 3.04. The minimum absolute atomic E-state index is 0.283. The Balaban J connectivity index is 1.88. The van der Waals surface area contributed by atoms with Gasteiger partial charge in [0.25, 0.3) is 0 Å². The van der Waals surface area contributed by atoms with Crippen molar-refractivity contribution in [3.63, 3.8) is 0 Å². The van der Waals surface area contributed by atoms with E-state index in [4.69, 9.17) is 17.2 Å². The summed E-state index contributed by atoms with van der Waals surface area (Å²) in [4.78, 5) is 4.57. The molecule has 7 nitrogen and oxygen atoms in total. The SMILES string of the molecule is C=C(N)C(C1=NCCC(CN)[NH2+]1)=C(N)c1cnn(Cc2ccccc2)c1. The maximum absolute atomic E-state index is 6.42. The van der Waals surface area contributed by atoms with Crippen LogP contribution in [0.5, 0.6) is 0 Å². The summed E-state index contributed by atoms with van der Waals surface area (Å²) >= 11 is 0. The lowest BCUT2D eigenvalue weighted by Gasteiger charge is -2.20. The predicted octanol–water partition coefficient (Wildman–Crippen LogP) is -0.233. The Kier molecular flexibility index (Phi) is 5.50. The molecule has 0 saturated heterocycles. The minimum Gasteiger partial charge on any atom is -0.398 e. The lowest BCUT2D eigenvalue weighted by atomic mass is 10.0. The zero-order valence-electron chi connectivity index (χ0n) is 14.8. The molecule has 0 amide bonds. The van der Waals surface area contributed by atoms with Crippen LogP contribution in [0.25, 0.3) is 5.70 Å². The number of benzene rings is 1. The normalized spacial score (nSPS) is 18.2. The lowest BCUT2D eigenvalue weighted by Crippen LogP contribution is -2.96. The van der Waals surface area contributed by atoms with Crippen LogP contribution in [-0.4, -0.2) is 34.7 Å². The Morgan fingerprint density at radius 2 is 2.04 bits per heavy atom. The quantitative estimate of drug-likeness (QED) is 0.536. The molecule has 8 N–H and O–H groups in total.